The number of fused-ring (bicyclic) bond motifs is 10. The fourth-order valence-corrected chi connectivity index (χ4v) is 11.2. The predicted octanol–water partition coefficient (Wildman–Crippen LogP) is 19.4. The Bertz CT molecular complexity index is 4570. The Morgan fingerprint density at radius 2 is 1.19 bits per heavy atom. The van der Waals surface area contributed by atoms with Gasteiger partial charge >= 0.3 is 0 Å². The minimum absolute atomic E-state index is 0.0989. The van der Waals surface area contributed by atoms with Gasteiger partial charge in [0, 0.05) is 66.2 Å². The van der Waals surface area contributed by atoms with Crippen molar-refractivity contribution in [3.8, 4) is 28.4 Å². The van der Waals surface area contributed by atoms with Crippen molar-refractivity contribution < 1.29 is 19.8 Å². The lowest BCUT2D eigenvalue weighted by Gasteiger charge is -2.27. The molecule has 0 N–H and O–H groups in total. The summed E-state index contributed by atoms with van der Waals surface area (Å²) in [6, 6.07) is 57.4. The lowest BCUT2D eigenvalue weighted by Crippen LogP contribution is -2.17. The van der Waals surface area contributed by atoms with E-state index in [2.05, 4.69) is 83.3 Å². The van der Waals surface area contributed by atoms with Crippen LogP contribution in [0.1, 0.15) is 113 Å². The van der Waals surface area contributed by atoms with Gasteiger partial charge in [-0.15, -0.1) is 0 Å². The van der Waals surface area contributed by atoms with E-state index in [-0.39, 0.29) is 17.6 Å². The first-order valence-corrected chi connectivity index (χ1v) is 25.9. The first kappa shape index (κ1) is 36.9. The van der Waals surface area contributed by atoms with Gasteiger partial charge in [0.05, 0.1) is 27.8 Å². The quantitative estimate of drug-likeness (QED) is 0.160. The molecule has 3 aromatic heterocycles. The van der Waals surface area contributed by atoms with Gasteiger partial charge in [0.1, 0.15) is 24.0 Å². The van der Waals surface area contributed by atoms with Crippen LogP contribution in [0, 0.1) is 5.92 Å². The van der Waals surface area contributed by atoms with Crippen LogP contribution in [0.5, 0.6) is 11.5 Å². The SMILES string of the molecule is [2H]C([2H])(c1cccc2c3ccccc3c3cccc(-c4cc(C(C)(C)C)cc(C(C([2H])([2H])[2H])(C([2H])([2H])[2H])C([2H])([2H])[2H])c4)c3n3c4c(cccc4c12)N(c1cccc(Oc2ccc4c5ccccc5n(-c5cc(C(C)(C)C)ccn5)c4c2)c1)C3)C(C)C. The lowest BCUT2D eigenvalue weighted by molar-refractivity contribution is 0.483. The minimum Gasteiger partial charge on any atom is -0.457 e. The molecule has 0 saturated carbocycles. The van der Waals surface area contributed by atoms with Crippen molar-refractivity contribution in [3.05, 3.63) is 204 Å². The fourth-order valence-electron chi connectivity index (χ4n) is 11.2. The number of nitrogens with zero attached hydrogens (tertiary/aromatic N) is 4. The molecule has 374 valence electrons. The number of aromatic nitrogens is 3. The van der Waals surface area contributed by atoms with Crippen molar-refractivity contribution in [1.82, 2.24) is 14.1 Å². The number of para-hydroxylation sites is 3. The molecule has 1 aliphatic heterocycles. The molecule has 0 atom stereocenters. The summed E-state index contributed by atoms with van der Waals surface area (Å²) in [6.07, 6.45) is 0.0751. The Labute approximate surface area is 457 Å². The van der Waals surface area contributed by atoms with Gasteiger partial charge in [-0.2, -0.15) is 0 Å². The Morgan fingerprint density at radius 3 is 1.95 bits per heavy atom. The average Bonchev–Trinajstić information content (AvgIpc) is 0.970. The molecule has 4 heterocycles. The van der Waals surface area contributed by atoms with Gasteiger partial charge in [0.2, 0.25) is 0 Å². The number of ether oxygens (including phenoxy) is 1. The molecule has 12 rings (SSSR count). The molecule has 0 unspecified atom stereocenters. The number of rotatable bonds is 7. The average molecular weight is 992 g/mol. The van der Waals surface area contributed by atoms with E-state index in [1.165, 1.54) is 12.1 Å². The normalized spacial score (nSPS) is 16.0. The molecule has 5 nitrogen and oxygen atoms in total. The highest BCUT2D eigenvalue weighted by Gasteiger charge is 2.28. The molecule has 0 amide bonds. The van der Waals surface area contributed by atoms with Crippen LogP contribution in [-0.2, 0) is 29.3 Å². The molecule has 0 radical (unpaired) electrons. The van der Waals surface area contributed by atoms with Gasteiger partial charge in [-0.3, -0.25) is 4.57 Å². The molecular weight excluding hydrogens is 913 g/mol. The maximum Gasteiger partial charge on any atom is 0.137 e. The summed E-state index contributed by atoms with van der Waals surface area (Å²) in [6.45, 7) is 5.85. The first-order chi connectivity index (χ1) is 40.4. The highest BCUT2D eigenvalue weighted by molar-refractivity contribution is 6.23. The van der Waals surface area contributed by atoms with Crippen LogP contribution in [0.15, 0.2) is 182 Å². The second-order valence-corrected chi connectivity index (χ2v) is 22.5. The van der Waals surface area contributed by atoms with E-state index in [1.807, 2.05) is 156 Å². The summed E-state index contributed by atoms with van der Waals surface area (Å²) in [7, 11) is 0. The highest BCUT2D eigenvalue weighted by Crippen LogP contribution is 2.47. The maximum absolute atomic E-state index is 9.79. The van der Waals surface area contributed by atoms with E-state index in [0.29, 0.717) is 39.3 Å². The van der Waals surface area contributed by atoms with Gasteiger partial charge < -0.3 is 14.2 Å². The van der Waals surface area contributed by atoms with Crippen molar-refractivity contribution in [2.45, 2.75) is 105 Å². The minimum atomic E-state index is -3.51. The third kappa shape index (κ3) is 8.47. The Kier molecular flexibility index (Phi) is 8.82. The van der Waals surface area contributed by atoms with Crippen LogP contribution in [0.2, 0.25) is 0 Å². The van der Waals surface area contributed by atoms with Gasteiger partial charge in [0.15, 0.2) is 0 Å². The molecule has 75 heavy (non-hydrogen) atoms. The van der Waals surface area contributed by atoms with Crippen LogP contribution in [0.4, 0.5) is 11.4 Å². The molecular formula is C70H68N4O. The summed E-state index contributed by atoms with van der Waals surface area (Å²) < 4.78 is 111. The monoisotopic (exact) mass is 992 g/mol. The molecule has 0 spiro atoms. The zero-order valence-electron chi connectivity index (χ0n) is 54.8. The van der Waals surface area contributed by atoms with Crippen molar-refractivity contribution >= 4 is 76.5 Å². The van der Waals surface area contributed by atoms with Crippen molar-refractivity contribution in [3.63, 3.8) is 0 Å². The number of benzene rings is 8. The van der Waals surface area contributed by atoms with Gasteiger partial charge in [0.25, 0.3) is 0 Å². The number of pyridine rings is 1. The van der Waals surface area contributed by atoms with Crippen molar-refractivity contribution in [2.75, 3.05) is 4.90 Å². The predicted molar refractivity (Wildman–Crippen MR) is 319 cm³/mol. The van der Waals surface area contributed by atoms with Crippen LogP contribution < -0.4 is 9.64 Å². The summed E-state index contributed by atoms with van der Waals surface area (Å²) in [5.74, 6) is 1.59. The van der Waals surface area contributed by atoms with Gasteiger partial charge in [-0.25, -0.2) is 4.98 Å². The van der Waals surface area contributed by atoms with Crippen molar-refractivity contribution in [2.24, 2.45) is 5.92 Å². The molecule has 0 bridgehead atoms. The molecule has 1 aliphatic rings. The molecule has 0 aliphatic carbocycles. The highest BCUT2D eigenvalue weighted by atomic mass is 16.5. The summed E-state index contributed by atoms with van der Waals surface area (Å²) in [5, 5.41) is 6.95. The van der Waals surface area contributed by atoms with Crippen LogP contribution in [0.25, 0.3) is 82.1 Å². The molecule has 0 fully saturated rings. The number of anilines is 2. The van der Waals surface area contributed by atoms with E-state index < -0.39 is 43.7 Å². The summed E-state index contributed by atoms with van der Waals surface area (Å²) in [4.78, 5) is 7.10. The van der Waals surface area contributed by atoms with Crippen LogP contribution in [-0.4, -0.2) is 14.1 Å². The second kappa shape index (κ2) is 17.9. The molecule has 11 aromatic rings. The number of hydrogen-bond donors (Lipinski definition) is 0. The van der Waals surface area contributed by atoms with E-state index >= 15 is 0 Å². The third-order valence-electron chi connectivity index (χ3n) is 14.8. The smallest absolute Gasteiger partial charge is 0.137 e. The summed E-state index contributed by atoms with van der Waals surface area (Å²) in [5.41, 5.74) is 3.87. The summed E-state index contributed by atoms with van der Waals surface area (Å²) >= 11 is 0. The topological polar surface area (TPSA) is 35.2 Å². The van der Waals surface area contributed by atoms with Crippen molar-refractivity contribution in [1.29, 1.82) is 0 Å². The van der Waals surface area contributed by atoms with Gasteiger partial charge in [-0.05, 0) is 126 Å². The second-order valence-electron chi connectivity index (χ2n) is 22.5. The number of hydrogen-bond acceptors (Lipinski definition) is 3. The Balaban J connectivity index is 1.13. The largest absolute Gasteiger partial charge is 0.457 e. The standard InChI is InChI=1S/C70H68N4O/c1-44(2)36-45-20-16-27-58-54-23-12-13-24-55(54)59-28-18-26-53(46-37-48(69(6,7)8)39-49(38-46)70(9,10)11)66(59)73-43-72(62-31-19-29-60(65(45)58)67(62)73)50-21-17-22-51(41-50)75-52-32-33-57-56-25-14-15-30-61(56)74(63(57)42-52)64-40-47(34-35-71-64)68(3,4)5/h12-35,37-42,44H,36,43H2,1-11H3/i6D3,7D3,8D3,36D2. The third-order valence-corrected chi connectivity index (χ3v) is 14.8. The Morgan fingerprint density at radius 1 is 0.547 bits per heavy atom. The van der Waals surface area contributed by atoms with E-state index in [4.69, 9.17) is 22.1 Å². The lowest BCUT2D eigenvalue weighted by atomic mass is 9.78. The maximum atomic E-state index is 9.79. The van der Waals surface area contributed by atoms with Crippen LogP contribution in [0.3, 0.4) is 0 Å². The molecule has 5 heteroatoms. The van der Waals surface area contributed by atoms with E-state index in [0.717, 1.165) is 82.4 Å². The molecule has 0 saturated heterocycles. The van der Waals surface area contributed by atoms with Crippen LogP contribution >= 0.6 is 0 Å². The zero-order valence-corrected chi connectivity index (χ0v) is 43.8. The van der Waals surface area contributed by atoms with E-state index in [9.17, 15) is 2.74 Å². The zero-order chi connectivity index (χ0) is 61.4. The Hall–Kier alpha value is -7.89. The fraction of sp³-hybridized carbons (Fsp3) is 0.243. The molecule has 8 aromatic carbocycles. The first-order valence-electron chi connectivity index (χ1n) is 31.4. The van der Waals surface area contributed by atoms with Gasteiger partial charge in [-0.1, -0.05) is 191 Å². The van der Waals surface area contributed by atoms with E-state index in [1.54, 1.807) is 0 Å².